The molecule has 0 N–H and O–H groups in total. The molecule has 0 aliphatic heterocycles. The molecule has 22 heavy (non-hydrogen) atoms. The van der Waals surface area contributed by atoms with Crippen LogP contribution in [0.15, 0.2) is 12.1 Å². The van der Waals surface area contributed by atoms with Crippen molar-refractivity contribution in [1.29, 1.82) is 0 Å². The number of amides is 1. The molecule has 1 fully saturated rings. The average molecular weight is 417 g/mol. The van der Waals surface area contributed by atoms with E-state index in [1.54, 1.807) is 20.3 Å². The lowest BCUT2D eigenvalue weighted by Crippen LogP contribution is -2.33. The topological polar surface area (TPSA) is 38.8 Å². The van der Waals surface area contributed by atoms with Gasteiger partial charge in [0, 0.05) is 17.2 Å². The third-order valence-corrected chi connectivity index (χ3v) is 5.20. The zero-order valence-electron chi connectivity index (χ0n) is 13.5. The minimum Gasteiger partial charge on any atom is -0.493 e. The Kier molecular flexibility index (Phi) is 6.35. The molecule has 4 nitrogen and oxygen atoms in total. The van der Waals surface area contributed by atoms with E-state index in [1.165, 1.54) is 32.1 Å². The van der Waals surface area contributed by atoms with Crippen molar-refractivity contribution in [2.24, 2.45) is 5.92 Å². The van der Waals surface area contributed by atoms with Crippen molar-refractivity contribution in [3.05, 3.63) is 21.3 Å². The van der Waals surface area contributed by atoms with E-state index in [0.717, 1.165) is 10.1 Å². The minimum absolute atomic E-state index is 0.0518. The normalized spacial score (nSPS) is 15.5. The van der Waals surface area contributed by atoms with Gasteiger partial charge < -0.3 is 14.4 Å². The summed E-state index contributed by atoms with van der Waals surface area (Å²) in [4.78, 5) is 14.6. The van der Waals surface area contributed by atoms with Gasteiger partial charge >= 0.3 is 0 Å². The van der Waals surface area contributed by atoms with E-state index in [0.29, 0.717) is 23.0 Å². The zero-order chi connectivity index (χ0) is 16.1. The third kappa shape index (κ3) is 4.06. The lowest BCUT2D eigenvalue weighted by atomic mass is 9.89. The molecule has 1 aromatic rings. The van der Waals surface area contributed by atoms with Gasteiger partial charge in [0.05, 0.1) is 19.8 Å². The Bertz CT molecular complexity index is 527. The van der Waals surface area contributed by atoms with Gasteiger partial charge in [0.25, 0.3) is 5.91 Å². The Morgan fingerprint density at radius 2 is 1.77 bits per heavy atom. The Labute approximate surface area is 146 Å². The highest BCUT2D eigenvalue weighted by atomic mass is 127. The maximum atomic E-state index is 12.7. The molecule has 1 aromatic carbocycles. The van der Waals surface area contributed by atoms with E-state index in [4.69, 9.17) is 9.47 Å². The van der Waals surface area contributed by atoms with Gasteiger partial charge in [0.15, 0.2) is 11.5 Å². The molecule has 0 unspecified atom stereocenters. The van der Waals surface area contributed by atoms with Crippen molar-refractivity contribution in [2.75, 3.05) is 27.8 Å². The standard InChI is InChI=1S/C17H24INO3/c1-19(11-12-7-5-4-6-8-12)17(20)13-9-15(21-2)16(22-3)10-14(13)18/h9-10,12H,4-8,11H2,1-3H3. The number of methoxy groups -OCH3 is 2. The van der Waals surface area contributed by atoms with Crippen LogP contribution in [0.1, 0.15) is 42.5 Å². The largest absolute Gasteiger partial charge is 0.493 e. The highest BCUT2D eigenvalue weighted by Gasteiger charge is 2.22. The van der Waals surface area contributed by atoms with Gasteiger partial charge in [-0.2, -0.15) is 0 Å². The number of hydrogen-bond acceptors (Lipinski definition) is 3. The third-order valence-electron chi connectivity index (χ3n) is 4.31. The molecule has 5 heteroatoms. The molecule has 1 saturated carbocycles. The lowest BCUT2D eigenvalue weighted by Gasteiger charge is -2.27. The summed E-state index contributed by atoms with van der Waals surface area (Å²) in [6.45, 7) is 0.837. The van der Waals surface area contributed by atoms with Gasteiger partial charge in [-0.3, -0.25) is 4.79 Å². The first-order chi connectivity index (χ1) is 10.6. The van der Waals surface area contributed by atoms with Crippen molar-refractivity contribution in [2.45, 2.75) is 32.1 Å². The molecule has 1 amide bonds. The predicted octanol–water partition coefficient (Wildman–Crippen LogP) is 3.96. The summed E-state index contributed by atoms with van der Waals surface area (Å²) in [6, 6.07) is 3.63. The van der Waals surface area contributed by atoms with Crippen LogP contribution in [0.3, 0.4) is 0 Å². The lowest BCUT2D eigenvalue weighted by molar-refractivity contribution is 0.0759. The first kappa shape index (κ1) is 17.4. The fourth-order valence-corrected chi connectivity index (χ4v) is 3.73. The first-order valence-electron chi connectivity index (χ1n) is 7.73. The van der Waals surface area contributed by atoms with E-state index in [-0.39, 0.29) is 5.91 Å². The maximum absolute atomic E-state index is 12.7. The summed E-state index contributed by atoms with van der Waals surface area (Å²) >= 11 is 2.18. The van der Waals surface area contributed by atoms with Crippen LogP contribution in [0.25, 0.3) is 0 Å². The van der Waals surface area contributed by atoms with Crippen LogP contribution in [0.2, 0.25) is 0 Å². The fraction of sp³-hybridized carbons (Fsp3) is 0.588. The average Bonchev–Trinajstić information content (AvgIpc) is 2.54. The van der Waals surface area contributed by atoms with Gasteiger partial charge in [0.2, 0.25) is 0 Å². The van der Waals surface area contributed by atoms with Gasteiger partial charge in [-0.1, -0.05) is 19.3 Å². The molecule has 1 aliphatic rings. The molecule has 0 atom stereocenters. The SMILES string of the molecule is COc1cc(I)c(C(=O)N(C)CC2CCCCC2)cc1OC. The van der Waals surface area contributed by atoms with E-state index < -0.39 is 0 Å². The van der Waals surface area contributed by atoms with Gasteiger partial charge in [-0.15, -0.1) is 0 Å². The monoisotopic (exact) mass is 417 g/mol. The number of halogens is 1. The molecular weight excluding hydrogens is 393 g/mol. The molecular formula is C17H24INO3. The maximum Gasteiger partial charge on any atom is 0.254 e. The smallest absolute Gasteiger partial charge is 0.254 e. The van der Waals surface area contributed by atoms with Crippen LogP contribution in [0.5, 0.6) is 11.5 Å². The second-order valence-electron chi connectivity index (χ2n) is 5.88. The molecule has 0 aromatic heterocycles. The Balaban J connectivity index is 2.13. The van der Waals surface area contributed by atoms with E-state index in [1.807, 2.05) is 18.0 Å². The summed E-state index contributed by atoms with van der Waals surface area (Å²) in [5, 5.41) is 0. The summed E-state index contributed by atoms with van der Waals surface area (Å²) in [5.74, 6) is 1.94. The Morgan fingerprint density at radius 3 is 2.36 bits per heavy atom. The van der Waals surface area contributed by atoms with Crippen molar-refractivity contribution in [1.82, 2.24) is 4.90 Å². The van der Waals surface area contributed by atoms with Gasteiger partial charge in [0.1, 0.15) is 0 Å². The van der Waals surface area contributed by atoms with Crippen LogP contribution >= 0.6 is 22.6 Å². The van der Waals surface area contributed by atoms with Crippen molar-refractivity contribution < 1.29 is 14.3 Å². The fourth-order valence-electron chi connectivity index (χ4n) is 3.06. The van der Waals surface area contributed by atoms with Crippen LogP contribution < -0.4 is 9.47 Å². The number of nitrogens with zero attached hydrogens (tertiary/aromatic N) is 1. The highest BCUT2D eigenvalue weighted by molar-refractivity contribution is 14.1. The number of ether oxygens (including phenoxy) is 2. The van der Waals surface area contributed by atoms with Crippen LogP contribution in [0, 0.1) is 9.49 Å². The molecule has 1 aliphatic carbocycles. The molecule has 0 heterocycles. The molecule has 0 bridgehead atoms. The number of carbonyl (C=O) groups is 1. The molecule has 2 rings (SSSR count). The molecule has 0 radical (unpaired) electrons. The second-order valence-corrected chi connectivity index (χ2v) is 7.04. The number of carbonyl (C=O) groups excluding carboxylic acids is 1. The van der Waals surface area contributed by atoms with E-state index in [2.05, 4.69) is 22.6 Å². The van der Waals surface area contributed by atoms with Crippen LogP contribution in [-0.4, -0.2) is 38.6 Å². The quantitative estimate of drug-likeness (QED) is 0.681. The predicted molar refractivity (Wildman–Crippen MR) is 95.8 cm³/mol. The summed E-state index contributed by atoms with van der Waals surface area (Å²) in [5.41, 5.74) is 0.677. The number of benzene rings is 1. The Morgan fingerprint density at radius 1 is 1.18 bits per heavy atom. The first-order valence-corrected chi connectivity index (χ1v) is 8.81. The van der Waals surface area contributed by atoms with Crippen LogP contribution in [0.4, 0.5) is 0 Å². The van der Waals surface area contributed by atoms with Crippen molar-refractivity contribution in [3.63, 3.8) is 0 Å². The summed E-state index contributed by atoms with van der Waals surface area (Å²) in [7, 11) is 5.08. The van der Waals surface area contributed by atoms with Crippen molar-refractivity contribution in [3.8, 4) is 11.5 Å². The van der Waals surface area contributed by atoms with Crippen LogP contribution in [-0.2, 0) is 0 Å². The summed E-state index contributed by atoms with van der Waals surface area (Å²) < 4.78 is 11.5. The summed E-state index contributed by atoms with van der Waals surface area (Å²) in [6.07, 6.45) is 6.39. The van der Waals surface area contributed by atoms with Gasteiger partial charge in [-0.25, -0.2) is 0 Å². The van der Waals surface area contributed by atoms with Gasteiger partial charge in [-0.05, 0) is 53.5 Å². The van der Waals surface area contributed by atoms with Crippen molar-refractivity contribution >= 4 is 28.5 Å². The zero-order valence-corrected chi connectivity index (χ0v) is 15.7. The molecule has 0 saturated heterocycles. The molecule has 122 valence electrons. The molecule has 0 spiro atoms. The van der Waals surface area contributed by atoms with E-state index >= 15 is 0 Å². The number of rotatable bonds is 5. The highest BCUT2D eigenvalue weighted by Crippen LogP contribution is 2.32. The van der Waals surface area contributed by atoms with E-state index in [9.17, 15) is 4.79 Å². The number of hydrogen-bond donors (Lipinski definition) is 0. The minimum atomic E-state index is 0.0518. The second kappa shape index (κ2) is 8.04. The Hall–Kier alpha value is -0.980.